The first-order valence-corrected chi connectivity index (χ1v) is 9.14. The van der Waals surface area contributed by atoms with Crippen molar-refractivity contribution in [2.45, 2.75) is 11.8 Å². The molecule has 1 aromatic carbocycles. The first-order chi connectivity index (χ1) is 10.6. The molecule has 0 unspecified atom stereocenters. The van der Waals surface area contributed by atoms with E-state index in [0.29, 0.717) is 4.90 Å². The molecule has 0 bridgehead atoms. The Bertz CT molecular complexity index is 569. The zero-order valence-corrected chi connectivity index (χ0v) is 14.1. The third-order valence-electron chi connectivity index (χ3n) is 3.89. The first-order valence-electron chi connectivity index (χ1n) is 7.66. The molecule has 0 radical (unpaired) electrons. The Labute approximate surface area is 133 Å². The van der Waals surface area contributed by atoms with Gasteiger partial charge in [-0.15, -0.1) is 0 Å². The zero-order chi connectivity index (χ0) is 16.0. The Morgan fingerprint density at radius 2 is 1.86 bits per heavy atom. The van der Waals surface area contributed by atoms with Gasteiger partial charge in [0.15, 0.2) is 0 Å². The summed E-state index contributed by atoms with van der Waals surface area (Å²) in [6.45, 7) is 7.90. The Morgan fingerprint density at radius 1 is 1.18 bits per heavy atom. The summed E-state index contributed by atoms with van der Waals surface area (Å²) in [5.74, 6) is 0. The topological polar surface area (TPSA) is 61.9 Å². The lowest BCUT2D eigenvalue weighted by atomic mass is 10.2. The van der Waals surface area contributed by atoms with Gasteiger partial charge in [0.2, 0.25) is 10.0 Å². The molecular weight excluding hydrogens is 302 g/mol. The summed E-state index contributed by atoms with van der Waals surface area (Å²) >= 11 is 0. The van der Waals surface area contributed by atoms with E-state index < -0.39 is 10.0 Å². The van der Waals surface area contributed by atoms with Crippen LogP contribution in [0.5, 0.6) is 0 Å². The van der Waals surface area contributed by atoms with E-state index >= 15 is 0 Å². The van der Waals surface area contributed by atoms with Crippen LogP contribution in [0.4, 0.5) is 5.69 Å². The summed E-state index contributed by atoms with van der Waals surface area (Å²) in [6, 6.07) is 7.17. The van der Waals surface area contributed by atoms with Crippen LogP contribution >= 0.6 is 0 Å². The number of rotatable bonds is 7. The fraction of sp³-hybridized carbons (Fsp3) is 0.600. The maximum atomic E-state index is 12.1. The molecule has 1 aliphatic heterocycles. The molecule has 0 atom stereocenters. The summed E-state index contributed by atoms with van der Waals surface area (Å²) in [5.41, 5.74) is 0.779. The minimum atomic E-state index is -3.43. The van der Waals surface area contributed by atoms with Gasteiger partial charge in [-0.05, 0) is 26.1 Å². The van der Waals surface area contributed by atoms with Crippen molar-refractivity contribution >= 4 is 15.7 Å². The molecule has 0 aromatic heterocycles. The van der Waals surface area contributed by atoms with Gasteiger partial charge in [0.1, 0.15) is 4.90 Å². The van der Waals surface area contributed by atoms with Gasteiger partial charge >= 0.3 is 0 Å². The second kappa shape index (κ2) is 7.92. The van der Waals surface area contributed by atoms with Crippen molar-refractivity contribution in [1.82, 2.24) is 9.62 Å². The van der Waals surface area contributed by atoms with Gasteiger partial charge in [0.25, 0.3) is 0 Å². The number of anilines is 1. The molecule has 1 heterocycles. The van der Waals surface area contributed by atoms with Crippen molar-refractivity contribution in [3.8, 4) is 0 Å². The summed E-state index contributed by atoms with van der Waals surface area (Å²) < 4.78 is 32.1. The highest BCUT2D eigenvalue weighted by Crippen LogP contribution is 2.25. The van der Waals surface area contributed by atoms with Crippen molar-refractivity contribution in [2.75, 3.05) is 57.9 Å². The maximum Gasteiger partial charge on any atom is 0.242 e. The molecule has 1 aliphatic rings. The number of hydrogen-bond acceptors (Lipinski definition) is 5. The second-order valence-electron chi connectivity index (χ2n) is 5.20. The van der Waals surface area contributed by atoms with Gasteiger partial charge in [-0.2, -0.15) is 0 Å². The minimum absolute atomic E-state index is 0.347. The van der Waals surface area contributed by atoms with Crippen LogP contribution in [0.1, 0.15) is 6.92 Å². The van der Waals surface area contributed by atoms with Crippen LogP contribution in [-0.2, 0) is 14.8 Å². The normalized spacial score (nSPS) is 16.9. The van der Waals surface area contributed by atoms with E-state index in [9.17, 15) is 8.42 Å². The Balaban J connectivity index is 2.03. The predicted octanol–water partition coefficient (Wildman–Crippen LogP) is 0.753. The van der Waals surface area contributed by atoms with Gasteiger partial charge in [0.05, 0.1) is 12.3 Å². The SMILES string of the molecule is CCOCCN1CCN(c2ccccc2S(=O)(=O)NC)CC1. The van der Waals surface area contributed by atoms with Crippen LogP contribution in [0, 0.1) is 0 Å². The molecule has 0 aliphatic carbocycles. The quantitative estimate of drug-likeness (QED) is 0.749. The minimum Gasteiger partial charge on any atom is -0.380 e. The molecule has 0 amide bonds. The van der Waals surface area contributed by atoms with Gasteiger partial charge in [-0.3, -0.25) is 4.90 Å². The highest BCUT2D eigenvalue weighted by Gasteiger charge is 2.23. The number of benzene rings is 1. The van der Waals surface area contributed by atoms with E-state index in [1.54, 1.807) is 12.1 Å². The lowest BCUT2D eigenvalue weighted by Gasteiger charge is -2.36. The van der Waals surface area contributed by atoms with Crippen LogP contribution in [-0.4, -0.2) is 66.3 Å². The van der Waals surface area contributed by atoms with Crippen LogP contribution in [0.25, 0.3) is 0 Å². The van der Waals surface area contributed by atoms with E-state index in [4.69, 9.17) is 4.74 Å². The smallest absolute Gasteiger partial charge is 0.242 e. The molecule has 0 spiro atoms. The van der Waals surface area contributed by atoms with Crippen LogP contribution in [0.2, 0.25) is 0 Å². The zero-order valence-electron chi connectivity index (χ0n) is 13.3. The number of para-hydroxylation sites is 1. The number of sulfonamides is 1. The van der Waals surface area contributed by atoms with Crippen LogP contribution < -0.4 is 9.62 Å². The molecule has 124 valence electrons. The monoisotopic (exact) mass is 327 g/mol. The van der Waals surface area contributed by atoms with Crippen LogP contribution in [0.15, 0.2) is 29.2 Å². The number of hydrogen-bond donors (Lipinski definition) is 1. The molecule has 1 aromatic rings. The Morgan fingerprint density at radius 3 is 2.50 bits per heavy atom. The standard InChI is InChI=1S/C15H25N3O3S/c1-3-21-13-12-17-8-10-18(11-9-17)14-6-4-5-7-15(14)22(19,20)16-2/h4-7,16H,3,8-13H2,1-2H3. The van der Waals surface area contributed by atoms with E-state index in [2.05, 4.69) is 14.5 Å². The average Bonchev–Trinajstić information content (AvgIpc) is 2.56. The fourth-order valence-corrected chi connectivity index (χ4v) is 3.56. The fourth-order valence-electron chi connectivity index (χ4n) is 2.61. The lowest BCUT2D eigenvalue weighted by Crippen LogP contribution is -2.47. The first kappa shape index (κ1) is 17.2. The van der Waals surface area contributed by atoms with E-state index in [1.807, 2.05) is 19.1 Å². The van der Waals surface area contributed by atoms with Crippen molar-refractivity contribution < 1.29 is 13.2 Å². The number of nitrogens with one attached hydrogen (secondary N) is 1. The van der Waals surface area contributed by atoms with E-state index in [0.717, 1.165) is 51.6 Å². The maximum absolute atomic E-state index is 12.1. The number of nitrogens with zero attached hydrogens (tertiary/aromatic N) is 2. The molecule has 1 fully saturated rings. The molecule has 6 nitrogen and oxygen atoms in total. The molecule has 7 heteroatoms. The summed E-state index contributed by atoms with van der Waals surface area (Å²) in [4.78, 5) is 4.84. The van der Waals surface area contributed by atoms with Gasteiger partial charge in [-0.1, -0.05) is 12.1 Å². The van der Waals surface area contributed by atoms with E-state index in [1.165, 1.54) is 7.05 Å². The third-order valence-corrected chi connectivity index (χ3v) is 5.35. The lowest BCUT2D eigenvalue weighted by molar-refractivity contribution is 0.111. The van der Waals surface area contributed by atoms with Crippen molar-refractivity contribution in [2.24, 2.45) is 0 Å². The van der Waals surface area contributed by atoms with Crippen LogP contribution in [0.3, 0.4) is 0 Å². The molecule has 1 saturated heterocycles. The predicted molar refractivity (Wildman–Crippen MR) is 87.8 cm³/mol. The van der Waals surface area contributed by atoms with Crippen molar-refractivity contribution in [3.63, 3.8) is 0 Å². The highest BCUT2D eigenvalue weighted by molar-refractivity contribution is 7.89. The molecule has 0 saturated carbocycles. The summed E-state index contributed by atoms with van der Waals surface area (Å²) in [5, 5.41) is 0. The Hall–Kier alpha value is -1.15. The highest BCUT2D eigenvalue weighted by atomic mass is 32.2. The second-order valence-corrected chi connectivity index (χ2v) is 7.06. The number of ether oxygens (including phenoxy) is 1. The van der Waals surface area contributed by atoms with Gasteiger partial charge in [0, 0.05) is 39.3 Å². The molecular formula is C15H25N3O3S. The largest absolute Gasteiger partial charge is 0.380 e. The molecule has 22 heavy (non-hydrogen) atoms. The summed E-state index contributed by atoms with van der Waals surface area (Å²) in [6.07, 6.45) is 0. The average molecular weight is 327 g/mol. The van der Waals surface area contributed by atoms with Gasteiger partial charge in [-0.25, -0.2) is 13.1 Å². The van der Waals surface area contributed by atoms with Crippen molar-refractivity contribution in [3.05, 3.63) is 24.3 Å². The molecule has 1 N–H and O–H groups in total. The third kappa shape index (κ3) is 4.19. The van der Waals surface area contributed by atoms with Gasteiger partial charge < -0.3 is 9.64 Å². The summed E-state index contributed by atoms with van der Waals surface area (Å²) in [7, 11) is -1.99. The Kier molecular flexibility index (Phi) is 6.19. The van der Waals surface area contributed by atoms with Crippen molar-refractivity contribution in [1.29, 1.82) is 0 Å². The van der Waals surface area contributed by atoms with E-state index in [-0.39, 0.29) is 0 Å². The molecule has 2 rings (SSSR count). The number of piperazine rings is 1.